The lowest BCUT2D eigenvalue weighted by Crippen LogP contribution is -2.49. The third-order valence-corrected chi connectivity index (χ3v) is 7.71. The molecule has 0 amide bonds. The Labute approximate surface area is 150 Å². The summed E-state index contributed by atoms with van der Waals surface area (Å²) in [5, 5.41) is -1.05. The van der Waals surface area contributed by atoms with Crippen molar-refractivity contribution >= 4 is 29.0 Å². The summed E-state index contributed by atoms with van der Waals surface area (Å²) >= 11 is 0. The number of carbonyl (C=O) groups excluding carboxylic acids is 3. The molecule has 5 atom stereocenters. The van der Waals surface area contributed by atoms with E-state index < -0.39 is 44.4 Å². The van der Waals surface area contributed by atoms with E-state index in [1.807, 2.05) is 0 Å². The quantitative estimate of drug-likeness (QED) is 0.128. The van der Waals surface area contributed by atoms with Crippen LogP contribution in [0.15, 0.2) is 12.7 Å². The van der Waals surface area contributed by atoms with Gasteiger partial charge >= 0.3 is 5.97 Å². The van der Waals surface area contributed by atoms with Crippen LogP contribution in [0.4, 0.5) is 0 Å². The summed E-state index contributed by atoms with van der Waals surface area (Å²) in [5.41, 5.74) is -1.50. The van der Waals surface area contributed by atoms with Crippen molar-refractivity contribution in [3.8, 4) is 0 Å². The summed E-state index contributed by atoms with van der Waals surface area (Å²) in [6.45, 7) is 4.09. The van der Waals surface area contributed by atoms with Crippen LogP contribution < -0.4 is 0 Å². The Morgan fingerprint density at radius 1 is 1.19 bits per heavy atom. The largest absolute Gasteiger partial charge is 0.468 e. The van der Waals surface area contributed by atoms with Crippen molar-refractivity contribution in [1.82, 2.24) is 0 Å². The van der Waals surface area contributed by atoms with Crippen molar-refractivity contribution in [3.63, 3.8) is 0 Å². The number of hydrogen-bond acceptors (Lipinski definition) is 9. The van der Waals surface area contributed by atoms with Gasteiger partial charge in [0.25, 0.3) is 23.1 Å². The first-order chi connectivity index (χ1) is 12.3. The van der Waals surface area contributed by atoms with Gasteiger partial charge in [0.15, 0.2) is 0 Å². The Bertz CT molecular complexity index is 717. The van der Waals surface area contributed by atoms with E-state index in [-0.39, 0.29) is 19.6 Å². The molecule has 0 aromatic heterocycles. The molecule has 2 aliphatic carbocycles. The molecule has 2 saturated carbocycles. The van der Waals surface area contributed by atoms with Gasteiger partial charge in [0.05, 0.1) is 19.3 Å². The maximum absolute atomic E-state index is 12.6. The fraction of sp³-hybridized carbons (Fsp3) is 0.688. The van der Waals surface area contributed by atoms with Crippen LogP contribution in [0.1, 0.15) is 25.7 Å². The van der Waals surface area contributed by atoms with Crippen molar-refractivity contribution in [1.29, 1.82) is 0 Å². The monoisotopic (exact) mass is 388 g/mol. The fourth-order valence-electron chi connectivity index (χ4n) is 5.02. The molecule has 2 bridgehead atoms. The maximum Gasteiger partial charge on any atom is 0.330 e. The predicted octanol–water partition coefficient (Wildman–Crippen LogP) is 0.0878. The predicted molar refractivity (Wildman–Crippen MR) is 85.0 cm³/mol. The molecule has 10 heteroatoms. The van der Waals surface area contributed by atoms with Crippen LogP contribution in [-0.2, 0) is 42.9 Å². The zero-order chi connectivity index (χ0) is 19.0. The Balaban J connectivity index is 1.97. The molecular weight excluding hydrogens is 368 g/mol. The van der Waals surface area contributed by atoms with Gasteiger partial charge in [-0.2, -0.15) is 8.42 Å². The second-order valence-corrected chi connectivity index (χ2v) is 8.66. The number of ether oxygens (including phenoxy) is 3. The van der Waals surface area contributed by atoms with Crippen molar-refractivity contribution in [2.75, 3.05) is 13.2 Å². The molecule has 3 fully saturated rings. The third-order valence-electron chi connectivity index (χ3n) is 5.87. The number of hydrogen-bond donors (Lipinski definition) is 0. The smallest absolute Gasteiger partial charge is 0.330 e. The maximum atomic E-state index is 12.6. The minimum absolute atomic E-state index is 0.0401. The minimum Gasteiger partial charge on any atom is -0.468 e. The van der Waals surface area contributed by atoms with Crippen molar-refractivity contribution in [2.24, 2.45) is 10.8 Å². The van der Waals surface area contributed by atoms with E-state index in [4.69, 9.17) is 18.4 Å². The Morgan fingerprint density at radius 2 is 1.85 bits per heavy atom. The number of esters is 1. The zero-order valence-corrected chi connectivity index (χ0v) is 14.8. The SMILES string of the molecule is C=CC(=O)OC1C2C3(CCOC=O)CC1(CCOC=O)CC3OS2(=O)=O. The molecule has 0 spiro atoms. The molecule has 0 aromatic rings. The van der Waals surface area contributed by atoms with Gasteiger partial charge in [-0.1, -0.05) is 6.58 Å². The summed E-state index contributed by atoms with van der Waals surface area (Å²) in [5.74, 6) is -0.726. The van der Waals surface area contributed by atoms with Gasteiger partial charge in [0.1, 0.15) is 11.4 Å². The molecule has 144 valence electrons. The average molecular weight is 388 g/mol. The van der Waals surface area contributed by atoms with Gasteiger partial charge in [0, 0.05) is 16.9 Å². The normalized spacial score (nSPS) is 38.5. The van der Waals surface area contributed by atoms with Gasteiger partial charge in [-0.05, 0) is 25.7 Å². The summed E-state index contributed by atoms with van der Waals surface area (Å²) in [6.07, 6.45) is 0.826. The summed E-state index contributed by atoms with van der Waals surface area (Å²) in [7, 11) is -3.96. The number of carbonyl (C=O) groups is 3. The highest BCUT2D eigenvalue weighted by atomic mass is 32.2. The molecular formula is C16H20O9S. The second kappa shape index (κ2) is 6.66. The Kier molecular flexibility index (Phi) is 4.82. The molecule has 9 nitrogen and oxygen atoms in total. The molecule has 3 aliphatic rings. The van der Waals surface area contributed by atoms with Crippen LogP contribution in [0.3, 0.4) is 0 Å². The third kappa shape index (κ3) is 2.71. The zero-order valence-electron chi connectivity index (χ0n) is 14.0. The molecule has 0 N–H and O–H groups in total. The fourth-order valence-corrected chi connectivity index (χ4v) is 7.30. The van der Waals surface area contributed by atoms with E-state index in [2.05, 4.69) is 6.58 Å². The molecule has 1 aliphatic heterocycles. The Hall–Kier alpha value is -1.94. The molecule has 0 aromatic carbocycles. The first-order valence-electron chi connectivity index (χ1n) is 8.21. The second-order valence-electron chi connectivity index (χ2n) is 6.97. The topological polar surface area (TPSA) is 122 Å². The van der Waals surface area contributed by atoms with Crippen molar-refractivity contribution in [3.05, 3.63) is 12.7 Å². The Morgan fingerprint density at radius 3 is 2.46 bits per heavy atom. The van der Waals surface area contributed by atoms with E-state index in [0.29, 0.717) is 32.2 Å². The average Bonchev–Trinajstić information content (AvgIpc) is 3.07. The van der Waals surface area contributed by atoms with E-state index in [1.165, 1.54) is 0 Å². The first kappa shape index (κ1) is 18.8. The summed E-state index contributed by atoms with van der Waals surface area (Å²) < 4.78 is 45.6. The molecule has 1 saturated heterocycles. The van der Waals surface area contributed by atoms with Gasteiger partial charge in [-0.3, -0.25) is 13.8 Å². The van der Waals surface area contributed by atoms with Gasteiger partial charge < -0.3 is 14.2 Å². The molecule has 1 heterocycles. The number of fused-ring (bicyclic) bond motifs is 1. The highest BCUT2D eigenvalue weighted by molar-refractivity contribution is 7.87. The lowest BCUT2D eigenvalue weighted by Gasteiger charge is -2.37. The molecule has 0 radical (unpaired) electrons. The first-order valence-corrected chi connectivity index (χ1v) is 9.68. The molecule has 26 heavy (non-hydrogen) atoms. The van der Waals surface area contributed by atoms with E-state index in [9.17, 15) is 22.8 Å². The standard InChI is InChI=1S/C16H20O9S/c1-2-12(19)24-13-14-16(4-6-23-10-18)8-15(13,3-5-22-9-17)7-11(16)25-26(14,20)21/h2,9-11,13-14H,1,3-8H2. The summed E-state index contributed by atoms with van der Waals surface area (Å²) in [4.78, 5) is 32.8. The van der Waals surface area contributed by atoms with Crippen LogP contribution in [0.25, 0.3) is 0 Å². The van der Waals surface area contributed by atoms with Crippen molar-refractivity contribution < 1.29 is 41.2 Å². The van der Waals surface area contributed by atoms with Crippen LogP contribution in [0, 0.1) is 10.8 Å². The summed E-state index contributed by atoms with van der Waals surface area (Å²) in [6, 6.07) is 0. The van der Waals surface area contributed by atoms with Crippen molar-refractivity contribution in [2.45, 2.75) is 43.1 Å². The lowest BCUT2D eigenvalue weighted by atomic mass is 9.75. The van der Waals surface area contributed by atoms with E-state index >= 15 is 0 Å². The van der Waals surface area contributed by atoms with E-state index in [1.54, 1.807) is 0 Å². The van der Waals surface area contributed by atoms with Gasteiger partial charge in [-0.25, -0.2) is 4.79 Å². The molecule has 3 rings (SSSR count). The minimum atomic E-state index is -3.96. The van der Waals surface area contributed by atoms with Crippen LogP contribution in [0.2, 0.25) is 0 Å². The van der Waals surface area contributed by atoms with Crippen LogP contribution >= 0.6 is 0 Å². The van der Waals surface area contributed by atoms with Crippen LogP contribution in [-0.4, -0.2) is 58.0 Å². The van der Waals surface area contributed by atoms with Gasteiger partial charge in [0.2, 0.25) is 0 Å². The molecule has 5 unspecified atom stereocenters. The van der Waals surface area contributed by atoms with Crippen LogP contribution in [0.5, 0.6) is 0 Å². The number of rotatable bonds is 10. The highest BCUT2D eigenvalue weighted by Crippen LogP contribution is 2.71. The lowest BCUT2D eigenvalue weighted by molar-refractivity contribution is -0.151. The van der Waals surface area contributed by atoms with E-state index in [0.717, 1.165) is 6.08 Å². The highest BCUT2D eigenvalue weighted by Gasteiger charge is 2.79. The van der Waals surface area contributed by atoms with Gasteiger partial charge in [-0.15, -0.1) is 0 Å².